The maximum absolute atomic E-state index is 14.3. The quantitative estimate of drug-likeness (QED) is 0.328. The number of nitrogens with one attached hydrogen (secondary N) is 2. The van der Waals surface area contributed by atoms with E-state index in [1.807, 2.05) is 84.0 Å². The van der Waals surface area contributed by atoms with Crippen molar-refractivity contribution in [1.82, 2.24) is 10.2 Å². The predicted molar refractivity (Wildman–Crippen MR) is 158 cm³/mol. The Morgan fingerprint density at radius 3 is 2.18 bits per heavy atom. The SMILES string of the molecule is CCCCN(C(=O)C(NC(=O)OC(C)(C)C)C(C)CC)C(C(=O)Nc1ccccc1C)c1ccc(C)c(C)c1. The third kappa shape index (κ3) is 9.12. The Labute approximate surface area is 234 Å². The van der Waals surface area contributed by atoms with Crippen LogP contribution in [0.1, 0.15) is 89.1 Å². The van der Waals surface area contributed by atoms with Gasteiger partial charge in [0.05, 0.1) is 0 Å². The Hall–Kier alpha value is -3.35. The van der Waals surface area contributed by atoms with Gasteiger partial charge in [-0.2, -0.15) is 0 Å². The maximum atomic E-state index is 14.3. The molecule has 0 aliphatic rings. The van der Waals surface area contributed by atoms with Gasteiger partial charge >= 0.3 is 6.09 Å². The number of amides is 3. The van der Waals surface area contributed by atoms with Crippen LogP contribution in [0, 0.1) is 26.7 Å². The Morgan fingerprint density at radius 2 is 1.62 bits per heavy atom. The summed E-state index contributed by atoms with van der Waals surface area (Å²) in [5.41, 5.74) is 3.80. The molecule has 7 nitrogen and oxygen atoms in total. The van der Waals surface area contributed by atoms with Gasteiger partial charge in [0.25, 0.3) is 5.91 Å². The van der Waals surface area contributed by atoms with Crippen molar-refractivity contribution in [1.29, 1.82) is 0 Å². The average molecular weight is 538 g/mol. The van der Waals surface area contributed by atoms with Crippen molar-refractivity contribution in [3.05, 3.63) is 64.7 Å². The number of hydrogen-bond donors (Lipinski definition) is 2. The molecule has 2 aromatic carbocycles. The molecule has 0 spiro atoms. The van der Waals surface area contributed by atoms with Gasteiger partial charge < -0.3 is 20.3 Å². The number of nitrogens with zero attached hydrogens (tertiary/aromatic N) is 1. The lowest BCUT2D eigenvalue weighted by Gasteiger charge is -2.36. The van der Waals surface area contributed by atoms with Gasteiger partial charge in [-0.1, -0.05) is 70.0 Å². The number of rotatable bonds is 11. The highest BCUT2D eigenvalue weighted by Crippen LogP contribution is 2.28. The normalized spacial score (nSPS) is 13.7. The molecule has 3 atom stereocenters. The fourth-order valence-corrected chi connectivity index (χ4v) is 4.31. The summed E-state index contributed by atoms with van der Waals surface area (Å²) in [5, 5.41) is 5.89. The lowest BCUT2D eigenvalue weighted by molar-refractivity contribution is -0.142. The van der Waals surface area contributed by atoms with E-state index in [0.29, 0.717) is 25.1 Å². The molecule has 7 heteroatoms. The van der Waals surface area contributed by atoms with Gasteiger partial charge in [0, 0.05) is 12.2 Å². The van der Waals surface area contributed by atoms with E-state index in [0.717, 1.165) is 28.7 Å². The molecule has 3 unspecified atom stereocenters. The molecule has 2 N–H and O–H groups in total. The minimum Gasteiger partial charge on any atom is -0.444 e. The van der Waals surface area contributed by atoms with Crippen LogP contribution < -0.4 is 10.6 Å². The fourth-order valence-electron chi connectivity index (χ4n) is 4.31. The van der Waals surface area contributed by atoms with Crippen LogP contribution in [0.25, 0.3) is 0 Å². The molecular formula is C32H47N3O4. The van der Waals surface area contributed by atoms with Gasteiger partial charge in [0.15, 0.2) is 0 Å². The molecule has 0 aliphatic carbocycles. The Morgan fingerprint density at radius 1 is 0.949 bits per heavy atom. The Kier molecular flexibility index (Phi) is 11.6. The Balaban J connectivity index is 2.59. The van der Waals surface area contributed by atoms with Crippen LogP contribution in [0.5, 0.6) is 0 Å². The predicted octanol–water partition coefficient (Wildman–Crippen LogP) is 6.86. The lowest BCUT2D eigenvalue weighted by atomic mass is 9.94. The van der Waals surface area contributed by atoms with Crippen molar-refractivity contribution in [2.24, 2.45) is 5.92 Å². The molecule has 0 aliphatic heterocycles. The summed E-state index contributed by atoms with van der Waals surface area (Å²) in [6, 6.07) is 11.7. The van der Waals surface area contributed by atoms with Gasteiger partial charge in [0.2, 0.25) is 5.91 Å². The first kappa shape index (κ1) is 31.9. The van der Waals surface area contributed by atoms with Crippen LogP contribution in [0.15, 0.2) is 42.5 Å². The first-order valence-electron chi connectivity index (χ1n) is 14.0. The molecule has 0 heterocycles. The van der Waals surface area contributed by atoms with Crippen molar-refractivity contribution >= 4 is 23.6 Å². The van der Waals surface area contributed by atoms with Crippen molar-refractivity contribution < 1.29 is 19.1 Å². The third-order valence-electron chi connectivity index (χ3n) is 7.00. The number of anilines is 1. The van der Waals surface area contributed by atoms with Crippen LogP contribution >= 0.6 is 0 Å². The summed E-state index contributed by atoms with van der Waals surface area (Å²) in [7, 11) is 0. The maximum Gasteiger partial charge on any atom is 0.408 e. The van der Waals surface area contributed by atoms with E-state index in [-0.39, 0.29) is 17.7 Å². The monoisotopic (exact) mass is 537 g/mol. The molecule has 214 valence electrons. The second-order valence-electron chi connectivity index (χ2n) is 11.4. The van der Waals surface area contributed by atoms with Crippen LogP contribution in [0.2, 0.25) is 0 Å². The highest BCUT2D eigenvalue weighted by atomic mass is 16.6. The number of aryl methyl sites for hydroxylation is 3. The molecule has 0 radical (unpaired) electrons. The molecule has 0 saturated carbocycles. The molecule has 3 amide bonds. The van der Waals surface area contributed by atoms with Gasteiger partial charge in [-0.15, -0.1) is 0 Å². The summed E-state index contributed by atoms with van der Waals surface area (Å²) in [6.07, 6.45) is 1.57. The zero-order chi connectivity index (χ0) is 29.3. The number of ether oxygens (including phenoxy) is 1. The van der Waals surface area contributed by atoms with Gasteiger partial charge in [-0.25, -0.2) is 4.79 Å². The van der Waals surface area contributed by atoms with Crippen LogP contribution in [0.3, 0.4) is 0 Å². The summed E-state index contributed by atoms with van der Waals surface area (Å²) in [4.78, 5) is 42.8. The minimum absolute atomic E-state index is 0.172. The highest BCUT2D eigenvalue weighted by Gasteiger charge is 2.38. The summed E-state index contributed by atoms with van der Waals surface area (Å²) in [5.74, 6) is -0.766. The standard InChI is InChI=1S/C32H47N3O4/c1-10-12-19-35(30(37)27(21(3)11-2)34-31(38)39-32(7,8)9)28(25-18-17-22(4)24(6)20-25)29(36)33-26-16-14-13-15-23(26)5/h13-18,20-21,27-28H,10-12,19H2,1-9H3,(H,33,36)(H,34,38). The number of hydrogen-bond acceptors (Lipinski definition) is 4. The summed E-state index contributed by atoms with van der Waals surface area (Å²) in [6.45, 7) is 17.6. The number of carbonyl (C=O) groups excluding carboxylic acids is 3. The van der Waals surface area contributed by atoms with E-state index >= 15 is 0 Å². The van der Waals surface area contributed by atoms with Crippen molar-refractivity contribution in [3.63, 3.8) is 0 Å². The van der Waals surface area contributed by atoms with E-state index in [1.165, 1.54) is 0 Å². The number of carbonyl (C=O) groups is 3. The van der Waals surface area contributed by atoms with E-state index in [4.69, 9.17) is 4.74 Å². The molecule has 0 bridgehead atoms. The molecule has 0 aromatic heterocycles. The molecular weight excluding hydrogens is 490 g/mol. The van der Waals surface area contributed by atoms with E-state index < -0.39 is 23.8 Å². The lowest BCUT2D eigenvalue weighted by Crippen LogP contribution is -2.55. The van der Waals surface area contributed by atoms with Gasteiger partial charge in [0.1, 0.15) is 17.7 Å². The van der Waals surface area contributed by atoms with Crippen molar-refractivity contribution in [2.45, 2.75) is 99.3 Å². The molecule has 39 heavy (non-hydrogen) atoms. The van der Waals surface area contributed by atoms with E-state index in [1.54, 1.807) is 25.7 Å². The van der Waals surface area contributed by atoms with Crippen LogP contribution in [-0.4, -0.2) is 41.0 Å². The minimum atomic E-state index is -0.880. The molecule has 0 saturated heterocycles. The fraction of sp³-hybridized carbons (Fsp3) is 0.531. The van der Waals surface area contributed by atoms with Crippen molar-refractivity contribution in [2.75, 3.05) is 11.9 Å². The van der Waals surface area contributed by atoms with Crippen LogP contribution in [0.4, 0.5) is 10.5 Å². The van der Waals surface area contributed by atoms with Gasteiger partial charge in [-0.05, 0) is 82.2 Å². The smallest absolute Gasteiger partial charge is 0.408 e. The zero-order valence-electron chi connectivity index (χ0n) is 25.2. The second kappa shape index (κ2) is 14.2. The number of alkyl carbamates (subject to hydrolysis) is 1. The van der Waals surface area contributed by atoms with E-state index in [2.05, 4.69) is 10.6 Å². The summed E-state index contributed by atoms with van der Waals surface area (Å²) >= 11 is 0. The highest BCUT2D eigenvalue weighted by molar-refractivity contribution is 5.99. The largest absolute Gasteiger partial charge is 0.444 e. The average Bonchev–Trinajstić information content (AvgIpc) is 2.86. The van der Waals surface area contributed by atoms with Crippen LogP contribution in [-0.2, 0) is 14.3 Å². The molecule has 2 rings (SSSR count). The number of benzene rings is 2. The van der Waals surface area contributed by atoms with Gasteiger partial charge in [-0.3, -0.25) is 9.59 Å². The van der Waals surface area contributed by atoms with E-state index in [9.17, 15) is 14.4 Å². The number of para-hydroxylation sites is 1. The third-order valence-corrected chi connectivity index (χ3v) is 7.00. The summed E-state index contributed by atoms with van der Waals surface area (Å²) < 4.78 is 5.49. The first-order chi connectivity index (χ1) is 18.3. The second-order valence-corrected chi connectivity index (χ2v) is 11.4. The van der Waals surface area contributed by atoms with Crippen molar-refractivity contribution in [3.8, 4) is 0 Å². The molecule has 2 aromatic rings. The first-order valence-corrected chi connectivity index (χ1v) is 14.0. The zero-order valence-corrected chi connectivity index (χ0v) is 25.2. The topological polar surface area (TPSA) is 87.7 Å². The number of unbranched alkanes of at least 4 members (excludes halogenated alkanes) is 1. The molecule has 0 fully saturated rings. The Bertz CT molecular complexity index is 1140.